The van der Waals surface area contributed by atoms with Crippen LogP contribution in [0.25, 0.3) is 12.2 Å². The van der Waals surface area contributed by atoms with Gasteiger partial charge in [0.05, 0.1) is 37.8 Å². The van der Waals surface area contributed by atoms with Crippen LogP contribution in [0.1, 0.15) is 11.1 Å². The Labute approximate surface area is 314 Å². The van der Waals surface area contributed by atoms with Crippen molar-refractivity contribution in [2.75, 3.05) is 48.2 Å². The summed E-state index contributed by atoms with van der Waals surface area (Å²) in [5, 5.41) is 32.6. The topological polar surface area (TPSA) is 330 Å². The first-order valence-electron chi connectivity index (χ1n) is 14.3. The molecule has 0 fully saturated rings. The number of benzene rings is 2. The Kier molecular flexibility index (Phi) is 15.5. The summed E-state index contributed by atoms with van der Waals surface area (Å²) in [6, 6.07) is 8.46. The van der Waals surface area contributed by atoms with Crippen LogP contribution in [0.15, 0.2) is 51.2 Å². The van der Waals surface area contributed by atoms with Crippen LogP contribution in [0, 0.1) is 0 Å². The van der Waals surface area contributed by atoms with Gasteiger partial charge in [-0.15, -0.1) is 8.67 Å². The summed E-state index contributed by atoms with van der Waals surface area (Å²) in [5.74, 6) is -0.710. The Hall–Kier alpha value is -4.85. The van der Waals surface area contributed by atoms with Gasteiger partial charge in [0.25, 0.3) is 26.2 Å². The lowest BCUT2D eigenvalue weighted by Gasteiger charge is -2.11. The molecule has 0 unspecified atom stereocenters. The van der Waals surface area contributed by atoms with Gasteiger partial charge >= 0.3 is 12.0 Å². The maximum atomic E-state index is 12.4. The van der Waals surface area contributed by atoms with Gasteiger partial charge in [0.2, 0.25) is 17.8 Å². The van der Waals surface area contributed by atoms with Crippen molar-refractivity contribution in [3.05, 3.63) is 47.5 Å². The van der Waals surface area contributed by atoms with E-state index in [2.05, 4.69) is 69.6 Å². The Bertz CT molecular complexity index is 2180. The zero-order valence-electron chi connectivity index (χ0n) is 27.5. The van der Waals surface area contributed by atoms with Gasteiger partial charge in [0.15, 0.2) is 0 Å². The van der Waals surface area contributed by atoms with Crippen molar-refractivity contribution in [2.45, 2.75) is 9.79 Å². The average Bonchev–Trinajstić information content (AvgIpc) is 3.12. The molecule has 4 rings (SSSR count). The molecule has 0 atom stereocenters. The number of nitrogens with one attached hydrogen (secondary N) is 3. The van der Waals surface area contributed by atoms with E-state index in [0.717, 1.165) is 18.1 Å². The third-order valence-corrected chi connectivity index (χ3v) is 8.80. The number of aromatic nitrogens is 6. The van der Waals surface area contributed by atoms with E-state index < -0.39 is 30.9 Å². The van der Waals surface area contributed by atoms with E-state index in [1.807, 2.05) is 0 Å². The fraction of sp³-hybridized carbons (Fsp3) is 0.192. The number of anilines is 5. The van der Waals surface area contributed by atoms with Gasteiger partial charge in [0.1, 0.15) is 4.90 Å². The van der Waals surface area contributed by atoms with E-state index in [4.69, 9.17) is 24.5 Å². The summed E-state index contributed by atoms with van der Waals surface area (Å²) in [4.78, 5) is 28.2. The number of aliphatic imine (C=N–C) groups is 1. The van der Waals surface area contributed by atoms with Gasteiger partial charge in [-0.25, -0.2) is 15.5 Å². The Morgan fingerprint density at radius 1 is 0.778 bits per heavy atom. The summed E-state index contributed by atoms with van der Waals surface area (Å²) in [5.41, 5.74) is 1.01. The monoisotopic (exact) mass is 832 g/mol. The van der Waals surface area contributed by atoms with Gasteiger partial charge in [-0.05, 0) is 35.4 Å². The van der Waals surface area contributed by atoms with Gasteiger partial charge < -0.3 is 25.4 Å². The van der Waals surface area contributed by atoms with E-state index in [1.54, 1.807) is 12.1 Å². The van der Waals surface area contributed by atoms with Crippen LogP contribution in [0.5, 0.6) is 12.0 Å². The van der Waals surface area contributed by atoms with E-state index in [1.165, 1.54) is 50.8 Å². The molecule has 0 radical (unpaired) electrons. The minimum atomic E-state index is -4.79. The van der Waals surface area contributed by atoms with Gasteiger partial charge in [-0.2, -0.15) is 46.7 Å². The van der Waals surface area contributed by atoms with Crippen molar-refractivity contribution in [1.82, 2.24) is 29.9 Å². The quantitative estimate of drug-likeness (QED) is 0.0120. The van der Waals surface area contributed by atoms with Crippen LogP contribution in [0.3, 0.4) is 0 Å². The van der Waals surface area contributed by atoms with Gasteiger partial charge in [-0.1, -0.05) is 34.4 Å². The number of hydrogen-bond donors (Lipinski definition) is 7. The molecule has 0 aliphatic carbocycles. The lowest BCUT2D eigenvalue weighted by molar-refractivity contribution is -0.432. The fourth-order valence-electron chi connectivity index (χ4n) is 3.91. The molecule has 4 aromatic rings. The van der Waals surface area contributed by atoms with E-state index in [-0.39, 0.29) is 59.4 Å². The molecule has 290 valence electrons. The first kappa shape index (κ1) is 41.9. The molecule has 2 aromatic heterocycles. The molecule has 24 nitrogen and oxygen atoms in total. The second kappa shape index (κ2) is 20.0. The average molecular weight is 833 g/mol. The van der Waals surface area contributed by atoms with E-state index in [0.29, 0.717) is 28.2 Å². The summed E-state index contributed by atoms with van der Waals surface area (Å²) in [6.45, 7) is -0.212. The molecule has 0 aliphatic heterocycles. The number of hydrogen-bond acceptors (Lipinski definition) is 24. The fourth-order valence-corrected chi connectivity index (χ4v) is 5.72. The molecular weight excluding hydrogens is 805 g/mol. The molecule has 0 amide bonds. The Morgan fingerprint density at radius 3 is 2.04 bits per heavy atom. The van der Waals surface area contributed by atoms with Crippen LogP contribution < -0.4 is 25.4 Å². The molecule has 7 N–H and O–H groups in total. The standard InChI is InChI=1S/C26H28N10O14S4/c1-45-25-33-21(27-9-11-51-49-47-37)31-24(36-25)30-18-8-6-16(20(14-18)54(42,43)44)4-3-15-5-7-17(13-19(15)52-50-48-38)29-23-32-22(34-26(35-23)46-2)28-10-12-53(39,40)41/h3-9,13-14,37-38H,10-12H2,1-2H3,(H,39,40,41)(H,42,43,44)(H,30,31,33,36)(H2,28,29,32,34,35)/b4-3+,27-9?. The van der Waals surface area contributed by atoms with Crippen molar-refractivity contribution in [3.8, 4) is 12.0 Å². The summed E-state index contributed by atoms with van der Waals surface area (Å²) in [6.07, 6.45) is 4.23. The highest BCUT2D eigenvalue weighted by molar-refractivity contribution is 7.95. The van der Waals surface area contributed by atoms with E-state index in [9.17, 15) is 21.4 Å². The highest BCUT2D eigenvalue weighted by atomic mass is 32.2. The lowest BCUT2D eigenvalue weighted by atomic mass is 10.1. The highest BCUT2D eigenvalue weighted by Crippen LogP contribution is 2.31. The Balaban J connectivity index is 1.58. The van der Waals surface area contributed by atoms with E-state index >= 15 is 0 Å². The maximum absolute atomic E-state index is 12.4. The predicted molar refractivity (Wildman–Crippen MR) is 192 cm³/mol. The second-order valence-corrected chi connectivity index (χ2v) is 14.1. The largest absolute Gasteiger partial charge is 0.467 e. The zero-order chi connectivity index (χ0) is 39.1. The van der Waals surface area contributed by atoms with Crippen molar-refractivity contribution in [3.63, 3.8) is 0 Å². The molecule has 2 aromatic carbocycles. The third-order valence-electron chi connectivity index (χ3n) is 6.07. The number of methoxy groups -OCH3 is 2. The number of nitrogens with zero attached hydrogens (tertiary/aromatic N) is 7. The number of rotatable bonds is 21. The summed E-state index contributed by atoms with van der Waals surface area (Å²) in [7, 11) is -6.41. The molecule has 54 heavy (non-hydrogen) atoms. The molecule has 0 saturated carbocycles. The van der Waals surface area contributed by atoms with Crippen LogP contribution in [-0.4, -0.2) is 105 Å². The molecule has 0 spiro atoms. The van der Waals surface area contributed by atoms with Crippen LogP contribution >= 0.6 is 24.1 Å². The molecular formula is C26H28N10O14S4. The number of ether oxygens (including phenoxy) is 2. The predicted octanol–water partition coefficient (Wildman–Crippen LogP) is 3.48. The van der Waals surface area contributed by atoms with Crippen molar-refractivity contribution in [1.29, 1.82) is 0 Å². The molecule has 0 bridgehead atoms. The minimum Gasteiger partial charge on any atom is -0.467 e. The molecule has 0 saturated heterocycles. The van der Waals surface area contributed by atoms with Crippen LogP contribution in [-0.2, 0) is 39.0 Å². The third kappa shape index (κ3) is 13.5. The lowest BCUT2D eigenvalue weighted by Crippen LogP contribution is -2.16. The minimum absolute atomic E-state index is 0.0280. The first-order valence-corrected chi connectivity index (χ1v) is 19.0. The van der Waals surface area contributed by atoms with Crippen LogP contribution in [0.4, 0.5) is 35.2 Å². The smallest absolute Gasteiger partial charge is 0.322 e. The molecule has 28 heteroatoms. The molecule has 0 aliphatic rings. The Morgan fingerprint density at radius 2 is 1.39 bits per heavy atom. The highest BCUT2D eigenvalue weighted by Gasteiger charge is 2.17. The maximum Gasteiger partial charge on any atom is 0.322 e. The summed E-state index contributed by atoms with van der Waals surface area (Å²) < 4.78 is 85.1. The van der Waals surface area contributed by atoms with Gasteiger partial charge in [0, 0.05) is 41.1 Å². The van der Waals surface area contributed by atoms with Crippen LogP contribution in [0.2, 0.25) is 0 Å². The SMILES string of the molecule is COc1nc(N=CCSOOO)nc(Nc2ccc(/C=C/c3ccc(Nc4nc(NCCS(=O)(=O)O)nc(OC)n4)cc3SOOO)c(S(=O)(=O)O)c2)n1. The van der Waals surface area contributed by atoms with Crippen molar-refractivity contribution in [2.24, 2.45) is 4.99 Å². The van der Waals surface area contributed by atoms with Crippen molar-refractivity contribution >= 4 is 97.9 Å². The summed E-state index contributed by atoms with van der Waals surface area (Å²) >= 11 is 1.31. The van der Waals surface area contributed by atoms with Crippen molar-refractivity contribution < 1.29 is 64.7 Å². The first-order chi connectivity index (χ1) is 25.8. The second-order valence-electron chi connectivity index (χ2n) is 9.66. The normalized spacial score (nSPS) is 12.0. The molecule has 2 heterocycles. The zero-order valence-corrected chi connectivity index (χ0v) is 30.7. The van der Waals surface area contributed by atoms with Gasteiger partial charge in [-0.3, -0.25) is 9.11 Å².